The molecule has 1 aromatic carbocycles. The third-order valence-electron chi connectivity index (χ3n) is 1.83. The number of rotatable bonds is 5. The lowest BCUT2D eigenvalue weighted by molar-refractivity contribution is 0.292. The molecule has 1 rings (SSSR count). The second-order valence-electron chi connectivity index (χ2n) is 2.85. The minimum Gasteiger partial charge on any atom is -0.395 e. The summed E-state index contributed by atoms with van der Waals surface area (Å²) in [4.78, 5) is 0. The molecule has 2 nitrogen and oxygen atoms in total. The van der Waals surface area contributed by atoms with Gasteiger partial charge in [-0.25, -0.2) is 0 Å². The Kier molecular flexibility index (Phi) is 4.23. The van der Waals surface area contributed by atoms with Crippen LogP contribution in [-0.4, -0.2) is 18.3 Å². The minimum absolute atomic E-state index is 0.185. The topological polar surface area (TPSA) is 32.3 Å². The molecule has 0 unspecified atom stereocenters. The van der Waals surface area contributed by atoms with Gasteiger partial charge in [0.15, 0.2) is 0 Å². The van der Waals surface area contributed by atoms with Crippen molar-refractivity contribution in [2.75, 3.05) is 13.2 Å². The molecule has 0 aliphatic rings. The molecule has 0 spiro atoms. The van der Waals surface area contributed by atoms with E-state index in [4.69, 9.17) is 5.11 Å². The Hall–Kier alpha value is -1.12. The predicted octanol–water partition coefficient (Wildman–Crippen LogP) is 1.41. The molecular weight excluding hydrogens is 162 g/mol. The predicted molar refractivity (Wildman–Crippen MR) is 55.3 cm³/mol. The second kappa shape index (κ2) is 5.51. The van der Waals surface area contributed by atoms with Gasteiger partial charge in [-0.05, 0) is 11.1 Å². The maximum Gasteiger partial charge on any atom is 0.0556 e. The summed E-state index contributed by atoms with van der Waals surface area (Å²) in [5.74, 6) is 0. The van der Waals surface area contributed by atoms with Crippen LogP contribution in [0.1, 0.15) is 11.1 Å². The molecule has 0 bridgehead atoms. The number of hydrogen-bond donors (Lipinski definition) is 2. The summed E-state index contributed by atoms with van der Waals surface area (Å²) in [6.45, 7) is 5.32. The number of benzene rings is 1. The van der Waals surface area contributed by atoms with E-state index in [1.165, 1.54) is 5.56 Å². The van der Waals surface area contributed by atoms with Crippen LogP contribution in [-0.2, 0) is 6.54 Å². The van der Waals surface area contributed by atoms with Gasteiger partial charge in [0.2, 0.25) is 0 Å². The molecule has 0 radical (unpaired) electrons. The average Bonchev–Trinajstić information content (AvgIpc) is 2.19. The van der Waals surface area contributed by atoms with Crippen LogP contribution < -0.4 is 5.32 Å². The fourth-order valence-corrected chi connectivity index (χ4v) is 1.08. The Bertz CT molecular complexity index is 253. The smallest absolute Gasteiger partial charge is 0.0556 e. The Balaban J connectivity index is 2.44. The quantitative estimate of drug-likeness (QED) is 0.666. The van der Waals surface area contributed by atoms with Gasteiger partial charge < -0.3 is 10.4 Å². The van der Waals surface area contributed by atoms with E-state index in [-0.39, 0.29) is 6.61 Å². The van der Waals surface area contributed by atoms with Crippen LogP contribution in [0.2, 0.25) is 0 Å². The van der Waals surface area contributed by atoms with Gasteiger partial charge in [0.1, 0.15) is 0 Å². The number of aliphatic hydroxyl groups excluding tert-OH is 1. The van der Waals surface area contributed by atoms with Crippen molar-refractivity contribution in [2.45, 2.75) is 6.54 Å². The first-order valence-corrected chi connectivity index (χ1v) is 4.40. The van der Waals surface area contributed by atoms with E-state index in [0.29, 0.717) is 6.54 Å². The lowest BCUT2D eigenvalue weighted by atomic mass is 10.1. The average molecular weight is 177 g/mol. The highest BCUT2D eigenvalue weighted by Crippen LogP contribution is 2.04. The maximum absolute atomic E-state index is 8.55. The third kappa shape index (κ3) is 3.40. The molecule has 0 aliphatic heterocycles. The summed E-state index contributed by atoms with van der Waals surface area (Å²) >= 11 is 0. The standard InChI is InChI=1S/C11H15NO/c1-2-10-3-5-11(6-4-10)9-12-7-8-13/h2-6,12-13H,1,7-9H2. The van der Waals surface area contributed by atoms with Crippen LogP contribution in [0.15, 0.2) is 30.8 Å². The van der Waals surface area contributed by atoms with E-state index in [2.05, 4.69) is 24.0 Å². The van der Waals surface area contributed by atoms with E-state index in [1.54, 1.807) is 0 Å². The van der Waals surface area contributed by atoms with Crippen molar-refractivity contribution in [1.82, 2.24) is 5.32 Å². The second-order valence-corrected chi connectivity index (χ2v) is 2.85. The fraction of sp³-hybridized carbons (Fsp3) is 0.273. The highest BCUT2D eigenvalue weighted by Gasteiger charge is 1.91. The summed E-state index contributed by atoms with van der Waals surface area (Å²) < 4.78 is 0. The zero-order chi connectivity index (χ0) is 9.52. The first kappa shape index (κ1) is 9.96. The molecule has 0 aliphatic carbocycles. The lowest BCUT2D eigenvalue weighted by Crippen LogP contribution is -2.17. The summed E-state index contributed by atoms with van der Waals surface area (Å²) in [6.07, 6.45) is 1.82. The van der Waals surface area contributed by atoms with Crippen molar-refractivity contribution in [3.8, 4) is 0 Å². The molecule has 70 valence electrons. The van der Waals surface area contributed by atoms with Crippen molar-refractivity contribution < 1.29 is 5.11 Å². The van der Waals surface area contributed by atoms with Crippen LogP contribution in [0, 0.1) is 0 Å². The van der Waals surface area contributed by atoms with Gasteiger partial charge in [-0.15, -0.1) is 0 Å². The van der Waals surface area contributed by atoms with E-state index in [9.17, 15) is 0 Å². The van der Waals surface area contributed by atoms with Gasteiger partial charge in [0.25, 0.3) is 0 Å². The van der Waals surface area contributed by atoms with Crippen LogP contribution in [0.5, 0.6) is 0 Å². The summed E-state index contributed by atoms with van der Waals surface area (Å²) in [5.41, 5.74) is 2.35. The molecule has 0 aromatic heterocycles. The van der Waals surface area contributed by atoms with Crippen molar-refractivity contribution in [3.05, 3.63) is 42.0 Å². The Morgan fingerprint density at radius 1 is 1.31 bits per heavy atom. The van der Waals surface area contributed by atoms with Crippen LogP contribution in [0.25, 0.3) is 6.08 Å². The van der Waals surface area contributed by atoms with E-state index in [1.807, 2.05) is 18.2 Å². The SMILES string of the molecule is C=Cc1ccc(CNCCO)cc1. The zero-order valence-corrected chi connectivity index (χ0v) is 7.66. The zero-order valence-electron chi connectivity index (χ0n) is 7.66. The minimum atomic E-state index is 0.185. The Morgan fingerprint density at radius 2 is 2.00 bits per heavy atom. The van der Waals surface area contributed by atoms with Crippen molar-refractivity contribution in [1.29, 1.82) is 0 Å². The molecule has 0 saturated heterocycles. The molecule has 2 heteroatoms. The van der Waals surface area contributed by atoms with E-state index in [0.717, 1.165) is 12.1 Å². The third-order valence-corrected chi connectivity index (χ3v) is 1.83. The number of hydrogen-bond acceptors (Lipinski definition) is 2. The van der Waals surface area contributed by atoms with Gasteiger partial charge in [-0.3, -0.25) is 0 Å². The monoisotopic (exact) mass is 177 g/mol. The molecule has 0 amide bonds. The van der Waals surface area contributed by atoms with Crippen LogP contribution in [0.4, 0.5) is 0 Å². The normalized spacial score (nSPS) is 9.92. The first-order valence-electron chi connectivity index (χ1n) is 4.40. The molecule has 0 heterocycles. The Morgan fingerprint density at radius 3 is 2.54 bits per heavy atom. The van der Waals surface area contributed by atoms with E-state index >= 15 is 0 Å². The summed E-state index contributed by atoms with van der Waals surface area (Å²) in [5, 5.41) is 11.7. The highest BCUT2D eigenvalue weighted by molar-refractivity contribution is 5.47. The summed E-state index contributed by atoms with van der Waals surface area (Å²) in [6, 6.07) is 8.18. The molecule has 0 saturated carbocycles. The van der Waals surface area contributed by atoms with Gasteiger partial charge in [-0.1, -0.05) is 36.9 Å². The van der Waals surface area contributed by atoms with E-state index < -0.39 is 0 Å². The molecule has 1 aromatic rings. The van der Waals surface area contributed by atoms with Crippen molar-refractivity contribution >= 4 is 6.08 Å². The molecule has 0 atom stereocenters. The first-order chi connectivity index (χ1) is 6.36. The highest BCUT2D eigenvalue weighted by atomic mass is 16.3. The largest absolute Gasteiger partial charge is 0.395 e. The molecule has 0 fully saturated rings. The fourth-order valence-electron chi connectivity index (χ4n) is 1.08. The molecule has 2 N–H and O–H groups in total. The number of aliphatic hydroxyl groups is 1. The van der Waals surface area contributed by atoms with Crippen molar-refractivity contribution in [3.63, 3.8) is 0 Å². The van der Waals surface area contributed by atoms with Crippen molar-refractivity contribution in [2.24, 2.45) is 0 Å². The maximum atomic E-state index is 8.55. The molecular formula is C11H15NO. The van der Waals surface area contributed by atoms with Gasteiger partial charge in [-0.2, -0.15) is 0 Å². The molecule has 13 heavy (non-hydrogen) atoms. The van der Waals surface area contributed by atoms with Crippen LogP contribution in [0.3, 0.4) is 0 Å². The summed E-state index contributed by atoms with van der Waals surface area (Å²) in [7, 11) is 0. The van der Waals surface area contributed by atoms with Gasteiger partial charge in [0, 0.05) is 13.1 Å². The lowest BCUT2D eigenvalue weighted by Gasteiger charge is -2.02. The van der Waals surface area contributed by atoms with Crippen LogP contribution >= 0.6 is 0 Å². The number of nitrogens with one attached hydrogen (secondary N) is 1. The van der Waals surface area contributed by atoms with Gasteiger partial charge >= 0.3 is 0 Å². The Labute approximate surface area is 78.9 Å². The van der Waals surface area contributed by atoms with Gasteiger partial charge in [0.05, 0.1) is 6.61 Å².